The van der Waals surface area contributed by atoms with Gasteiger partial charge in [0.1, 0.15) is 6.54 Å². The molecule has 0 bridgehead atoms. The van der Waals surface area contributed by atoms with Gasteiger partial charge in [-0.1, -0.05) is 0 Å². The highest BCUT2D eigenvalue weighted by Crippen LogP contribution is 2.14. The number of aliphatic imine (C=N–C) groups is 1. The van der Waals surface area contributed by atoms with E-state index in [9.17, 15) is 4.79 Å². The van der Waals surface area contributed by atoms with Gasteiger partial charge in [0, 0.05) is 58.2 Å². The number of carbonyl (C=O) groups is 1. The van der Waals surface area contributed by atoms with Crippen LogP contribution in [-0.2, 0) is 23.1 Å². The number of carbonyl (C=O) groups excluding carboxylic acids is 1. The predicted octanol–water partition coefficient (Wildman–Crippen LogP) is 1.52. The Kier molecular flexibility index (Phi) is 11.3. The van der Waals surface area contributed by atoms with Crippen molar-refractivity contribution >= 4 is 51.8 Å². The van der Waals surface area contributed by atoms with Crippen molar-refractivity contribution in [1.82, 2.24) is 19.7 Å². The number of amides is 1. The monoisotopic (exact) mass is 515 g/mol. The largest absolute Gasteiger partial charge is 0.383 e. The van der Waals surface area contributed by atoms with E-state index in [1.54, 1.807) is 21.2 Å². The first-order valence-corrected chi connectivity index (χ1v) is 8.13. The summed E-state index contributed by atoms with van der Waals surface area (Å²) >= 11 is 3.48. The van der Waals surface area contributed by atoms with Crippen molar-refractivity contribution in [2.75, 3.05) is 47.9 Å². The molecule has 0 aliphatic carbocycles. The lowest BCUT2D eigenvalue weighted by Gasteiger charge is -2.23. The summed E-state index contributed by atoms with van der Waals surface area (Å²) in [5.74, 6) is 0.639. The second kappa shape index (κ2) is 11.7. The smallest absolute Gasteiger partial charge is 0.243 e. The van der Waals surface area contributed by atoms with E-state index in [0.717, 1.165) is 10.2 Å². The van der Waals surface area contributed by atoms with Gasteiger partial charge < -0.3 is 24.4 Å². The zero-order valence-corrected chi connectivity index (χ0v) is 18.8. The van der Waals surface area contributed by atoms with Gasteiger partial charge in [-0.3, -0.25) is 4.79 Å². The average Bonchev–Trinajstić information content (AvgIpc) is 2.79. The highest BCUT2D eigenvalue weighted by molar-refractivity contribution is 14.0. The molecule has 7 nitrogen and oxygen atoms in total. The van der Waals surface area contributed by atoms with E-state index >= 15 is 0 Å². The van der Waals surface area contributed by atoms with Gasteiger partial charge in [-0.05, 0) is 22.0 Å². The van der Waals surface area contributed by atoms with E-state index in [-0.39, 0.29) is 36.4 Å². The Morgan fingerprint density at radius 2 is 2.08 bits per heavy atom. The van der Waals surface area contributed by atoms with Crippen molar-refractivity contribution < 1.29 is 9.53 Å². The molecular weight excluding hydrogens is 489 g/mol. The highest BCUT2D eigenvalue weighted by Gasteiger charge is 2.11. The van der Waals surface area contributed by atoms with E-state index < -0.39 is 0 Å². The van der Waals surface area contributed by atoms with E-state index in [1.807, 2.05) is 25.2 Å². The molecule has 0 spiro atoms. The molecule has 24 heavy (non-hydrogen) atoms. The molecule has 0 fully saturated rings. The normalized spacial score (nSPS) is 11.0. The number of hydrogen-bond donors (Lipinski definition) is 1. The zero-order chi connectivity index (χ0) is 17.4. The lowest BCUT2D eigenvalue weighted by Crippen LogP contribution is -2.41. The number of halogens is 2. The van der Waals surface area contributed by atoms with Crippen molar-refractivity contribution in [2.45, 2.75) is 6.54 Å². The standard InChI is InChI=1S/C15H26BrN5O2.HI/c1-19(2)14(22)9-18-15(17-6-7-23-5)21(4)11-13-8-12(16)10-20(13)3;/h8,10H,6-7,9,11H2,1-5H3,(H,17,18);1H. The van der Waals surface area contributed by atoms with Crippen LogP contribution in [0, 0.1) is 0 Å². The number of hydrogen-bond acceptors (Lipinski definition) is 3. The molecule has 0 saturated carbocycles. The fourth-order valence-corrected chi connectivity index (χ4v) is 2.47. The quantitative estimate of drug-likeness (QED) is 0.259. The van der Waals surface area contributed by atoms with Crippen LogP contribution in [0.4, 0.5) is 0 Å². The number of methoxy groups -OCH3 is 1. The summed E-state index contributed by atoms with van der Waals surface area (Å²) in [5, 5.41) is 3.22. The number of aryl methyl sites for hydroxylation is 1. The van der Waals surface area contributed by atoms with Crippen LogP contribution in [0.1, 0.15) is 5.69 Å². The SMILES string of the molecule is COCCNC(=NCC(=O)N(C)C)N(C)Cc1cc(Br)cn1C.I. The van der Waals surface area contributed by atoms with Gasteiger partial charge in [-0.2, -0.15) is 0 Å². The first-order chi connectivity index (χ1) is 10.8. The topological polar surface area (TPSA) is 62.1 Å². The molecule has 0 aliphatic heterocycles. The van der Waals surface area contributed by atoms with Crippen LogP contribution >= 0.6 is 39.9 Å². The highest BCUT2D eigenvalue weighted by atomic mass is 127. The summed E-state index contributed by atoms with van der Waals surface area (Å²) in [4.78, 5) is 19.7. The van der Waals surface area contributed by atoms with E-state index in [1.165, 1.54) is 4.90 Å². The van der Waals surface area contributed by atoms with Gasteiger partial charge in [0.2, 0.25) is 5.91 Å². The predicted molar refractivity (Wildman–Crippen MR) is 111 cm³/mol. The Morgan fingerprint density at radius 1 is 1.42 bits per heavy atom. The number of ether oxygens (including phenoxy) is 1. The lowest BCUT2D eigenvalue weighted by molar-refractivity contribution is -0.127. The Balaban J connectivity index is 0.00000529. The van der Waals surface area contributed by atoms with Crippen molar-refractivity contribution in [1.29, 1.82) is 0 Å². The van der Waals surface area contributed by atoms with Crippen LogP contribution in [-0.4, -0.2) is 74.2 Å². The lowest BCUT2D eigenvalue weighted by atomic mass is 10.4. The summed E-state index contributed by atoms with van der Waals surface area (Å²) in [7, 11) is 9.04. The molecular formula is C15H27BrIN5O2. The van der Waals surface area contributed by atoms with Crippen LogP contribution in [0.5, 0.6) is 0 Å². The maximum atomic E-state index is 11.8. The van der Waals surface area contributed by atoms with Gasteiger partial charge in [-0.15, -0.1) is 24.0 Å². The van der Waals surface area contributed by atoms with Gasteiger partial charge >= 0.3 is 0 Å². The minimum Gasteiger partial charge on any atom is -0.383 e. The Labute approximate surface area is 169 Å². The number of nitrogens with one attached hydrogen (secondary N) is 1. The fourth-order valence-electron chi connectivity index (χ4n) is 1.90. The summed E-state index contributed by atoms with van der Waals surface area (Å²) in [5.41, 5.74) is 1.14. The molecule has 1 aromatic heterocycles. The molecule has 1 N–H and O–H groups in total. The summed E-state index contributed by atoms with van der Waals surface area (Å²) < 4.78 is 8.15. The Bertz CT molecular complexity index is 548. The number of guanidine groups is 1. The average molecular weight is 516 g/mol. The molecule has 0 radical (unpaired) electrons. The van der Waals surface area contributed by atoms with Crippen molar-refractivity contribution in [3.8, 4) is 0 Å². The van der Waals surface area contributed by atoms with Crippen LogP contribution in [0.25, 0.3) is 0 Å². The van der Waals surface area contributed by atoms with Gasteiger partial charge in [0.15, 0.2) is 5.96 Å². The molecule has 1 heterocycles. The molecule has 0 saturated heterocycles. The Hall–Kier alpha value is -0.810. The molecule has 1 rings (SSSR count). The van der Waals surface area contributed by atoms with Gasteiger partial charge in [0.05, 0.1) is 13.2 Å². The van der Waals surface area contributed by atoms with E-state index in [4.69, 9.17) is 4.74 Å². The third-order valence-electron chi connectivity index (χ3n) is 3.29. The number of nitrogens with zero attached hydrogens (tertiary/aromatic N) is 4. The van der Waals surface area contributed by atoms with Crippen LogP contribution < -0.4 is 5.32 Å². The third-order valence-corrected chi connectivity index (χ3v) is 3.72. The second-order valence-corrected chi connectivity index (χ2v) is 6.38. The minimum atomic E-state index is -0.0361. The molecule has 0 aliphatic rings. The third kappa shape index (κ3) is 7.84. The molecule has 1 amide bonds. The maximum Gasteiger partial charge on any atom is 0.243 e. The molecule has 9 heteroatoms. The number of aromatic nitrogens is 1. The first kappa shape index (κ1) is 23.2. The zero-order valence-electron chi connectivity index (χ0n) is 14.9. The molecule has 0 unspecified atom stereocenters. The summed E-state index contributed by atoms with van der Waals surface area (Å²) in [6, 6.07) is 2.06. The summed E-state index contributed by atoms with van der Waals surface area (Å²) in [6.07, 6.45) is 2.01. The maximum absolute atomic E-state index is 11.8. The van der Waals surface area contributed by atoms with Crippen LogP contribution in [0.15, 0.2) is 21.7 Å². The van der Waals surface area contributed by atoms with Gasteiger partial charge in [-0.25, -0.2) is 4.99 Å². The Morgan fingerprint density at radius 3 is 2.58 bits per heavy atom. The minimum absolute atomic E-state index is 0. The molecule has 1 aromatic rings. The van der Waals surface area contributed by atoms with E-state index in [2.05, 4.69) is 36.9 Å². The van der Waals surface area contributed by atoms with Crippen molar-refractivity contribution in [3.05, 3.63) is 22.4 Å². The first-order valence-electron chi connectivity index (χ1n) is 7.34. The molecule has 138 valence electrons. The van der Waals surface area contributed by atoms with Crippen molar-refractivity contribution in [3.63, 3.8) is 0 Å². The number of rotatable bonds is 7. The fraction of sp³-hybridized carbons (Fsp3) is 0.600. The van der Waals surface area contributed by atoms with Gasteiger partial charge in [0.25, 0.3) is 0 Å². The van der Waals surface area contributed by atoms with Crippen LogP contribution in [0.3, 0.4) is 0 Å². The van der Waals surface area contributed by atoms with Crippen LogP contribution in [0.2, 0.25) is 0 Å². The number of likely N-dealkylation sites (N-methyl/N-ethyl adjacent to an activating group) is 1. The van der Waals surface area contributed by atoms with Crippen molar-refractivity contribution in [2.24, 2.45) is 12.0 Å². The molecule has 0 atom stereocenters. The molecule has 0 aromatic carbocycles. The second-order valence-electron chi connectivity index (χ2n) is 5.46. The van der Waals surface area contributed by atoms with E-state index in [0.29, 0.717) is 25.7 Å². The summed E-state index contributed by atoms with van der Waals surface area (Å²) in [6.45, 7) is 2.00.